The van der Waals surface area contributed by atoms with Crippen molar-refractivity contribution < 1.29 is 20.6 Å². The van der Waals surface area contributed by atoms with Crippen molar-refractivity contribution >= 4 is 5.97 Å². The molecular formula is C25H53NO3. The molecule has 176 valence electrons. The molecule has 0 rings (SSSR count). The maximum atomic E-state index is 11.3. The molecule has 0 radical (unpaired) electrons. The van der Waals surface area contributed by atoms with Crippen LogP contribution in [0.1, 0.15) is 136 Å². The van der Waals surface area contributed by atoms with Gasteiger partial charge in [0.15, 0.2) is 0 Å². The van der Waals surface area contributed by atoms with Crippen LogP contribution >= 0.6 is 0 Å². The monoisotopic (exact) mass is 415 g/mol. The number of unbranched alkanes of at least 4 members (excludes halogenated alkanes) is 14. The molecule has 0 saturated heterocycles. The van der Waals surface area contributed by atoms with Crippen LogP contribution in [0.3, 0.4) is 0 Å². The van der Waals surface area contributed by atoms with Gasteiger partial charge in [0, 0.05) is 5.97 Å². The van der Waals surface area contributed by atoms with Gasteiger partial charge in [0.1, 0.15) is 0 Å². The SMILES string of the molecule is CCCCCCCCCCC(CCCCCCCCCC)C(C)C(=O)[O-].CO[NH3+]. The van der Waals surface area contributed by atoms with Crippen LogP contribution < -0.4 is 11.0 Å². The van der Waals surface area contributed by atoms with Crippen molar-refractivity contribution in [2.24, 2.45) is 11.8 Å². The smallest absolute Gasteiger partial charge is 0.0951 e. The molecule has 1 atom stereocenters. The highest BCUT2D eigenvalue weighted by atomic mass is 16.6. The molecule has 1 unspecified atom stereocenters. The molecule has 0 saturated carbocycles. The van der Waals surface area contributed by atoms with Crippen LogP contribution in [-0.4, -0.2) is 13.1 Å². The molecule has 0 aliphatic heterocycles. The minimum absolute atomic E-state index is 0.288. The molecule has 0 aliphatic carbocycles. The van der Waals surface area contributed by atoms with E-state index in [0.717, 1.165) is 12.8 Å². The van der Waals surface area contributed by atoms with E-state index in [2.05, 4.69) is 24.6 Å². The molecule has 0 aromatic heterocycles. The zero-order valence-electron chi connectivity index (χ0n) is 20.3. The largest absolute Gasteiger partial charge is 0.550 e. The average molecular weight is 416 g/mol. The van der Waals surface area contributed by atoms with Gasteiger partial charge in [0.2, 0.25) is 0 Å². The normalized spacial score (nSPS) is 11.9. The maximum Gasteiger partial charge on any atom is 0.0951 e. The molecule has 0 aromatic carbocycles. The summed E-state index contributed by atoms with van der Waals surface area (Å²) in [5.74, 6) is 2.17. The van der Waals surface area contributed by atoms with Gasteiger partial charge in [-0.05, 0) is 24.7 Å². The number of aliphatic carboxylic acids is 1. The molecule has 0 amide bonds. The molecule has 3 N–H and O–H groups in total. The summed E-state index contributed by atoms with van der Waals surface area (Å²) in [4.78, 5) is 15.3. The topological polar surface area (TPSA) is 77.0 Å². The van der Waals surface area contributed by atoms with Crippen LogP contribution in [0.5, 0.6) is 0 Å². The summed E-state index contributed by atoms with van der Waals surface area (Å²) in [6.45, 7) is 6.37. The molecule has 4 nitrogen and oxygen atoms in total. The van der Waals surface area contributed by atoms with Crippen molar-refractivity contribution in [2.75, 3.05) is 7.11 Å². The van der Waals surface area contributed by atoms with Crippen LogP contribution in [0.4, 0.5) is 0 Å². The maximum absolute atomic E-state index is 11.3. The number of carboxylic acid groups (broad SMARTS) is 1. The number of carbonyl (C=O) groups excluding carboxylic acids is 1. The number of hydrogen-bond acceptors (Lipinski definition) is 3. The molecule has 29 heavy (non-hydrogen) atoms. The van der Waals surface area contributed by atoms with Crippen LogP contribution in [0.15, 0.2) is 0 Å². The van der Waals surface area contributed by atoms with Gasteiger partial charge in [0.25, 0.3) is 0 Å². The van der Waals surface area contributed by atoms with Crippen molar-refractivity contribution in [2.45, 2.75) is 136 Å². The highest BCUT2D eigenvalue weighted by Gasteiger charge is 2.17. The standard InChI is InChI=1S/C24H48O2.CH6NO/c1-4-6-8-10-12-14-16-18-20-23(22(3)24(25)26)21-19-17-15-13-11-9-7-5-2;1-3-2/h22-23H,4-21H2,1-3H3,(H,25,26);1-2H3/q;+1/p-1. The Labute approximate surface area is 182 Å². The van der Waals surface area contributed by atoms with Crippen LogP contribution in [-0.2, 0) is 9.63 Å². The van der Waals surface area contributed by atoms with E-state index in [1.54, 1.807) is 0 Å². The Morgan fingerprint density at radius 3 is 1.28 bits per heavy atom. The molecule has 0 aromatic rings. The number of carboxylic acids is 1. The molecule has 0 aliphatic rings. The van der Waals surface area contributed by atoms with Gasteiger partial charge in [-0.3, -0.25) is 0 Å². The fourth-order valence-corrected chi connectivity index (χ4v) is 3.92. The lowest BCUT2D eigenvalue weighted by atomic mass is 9.84. The zero-order chi connectivity index (χ0) is 22.2. The van der Waals surface area contributed by atoms with Crippen LogP contribution in [0.25, 0.3) is 0 Å². The Balaban J connectivity index is 0. The van der Waals surface area contributed by atoms with Crippen molar-refractivity contribution in [1.29, 1.82) is 0 Å². The van der Waals surface area contributed by atoms with Gasteiger partial charge >= 0.3 is 0 Å². The number of rotatable bonds is 20. The lowest BCUT2D eigenvalue weighted by Crippen LogP contribution is -2.46. The number of hydrogen-bond donors (Lipinski definition) is 1. The minimum atomic E-state index is -0.853. The molecule has 0 bridgehead atoms. The first-order chi connectivity index (χ1) is 14.0. The lowest BCUT2D eigenvalue weighted by molar-refractivity contribution is -0.679. The summed E-state index contributed by atoms with van der Waals surface area (Å²) in [6.07, 6.45) is 23.2. The average Bonchev–Trinajstić information content (AvgIpc) is 2.70. The quantitative estimate of drug-likeness (QED) is 0.200. The van der Waals surface area contributed by atoms with E-state index in [-0.39, 0.29) is 5.92 Å². The summed E-state index contributed by atoms with van der Waals surface area (Å²) >= 11 is 0. The Bertz CT molecular complexity index is 303. The summed E-state index contributed by atoms with van der Waals surface area (Å²) in [5.41, 5.74) is 0. The first-order valence-electron chi connectivity index (χ1n) is 12.5. The van der Waals surface area contributed by atoms with Crippen LogP contribution in [0, 0.1) is 11.8 Å². The number of quaternary nitrogens is 1. The summed E-state index contributed by atoms with van der Waals surface area (Å²) in [7, 11) is 1.51. The zero-order valence-corrected chi connectivity index (χ0v) is 20.3. The van der Waals surface area contributed by atoms with Crippen LogP contribution in [0.2, 0.25) is 0 Å². The van der Waals surface area contributed by atoms with Gasteiger partial charge in [0.05, 0.1) is 7.11 Å². The first kappa shape index (κ1) is 30.6. The van der Waals surface area contributed by atoms with E-state index in [1.165, 1.54) is 110 Å². The van der Waals surface area contributed by atoms with Gasteiger partial charge in [-0.15, -0.1) is 0 Å². The van der Waals surface area contributed by atoms with E-state index < -0.39 is 5.97 Å². The summed E-state index contributed by atoms with van der Waals surface area (Å²) in [6, 6.07) is 0. The second kappa shape index (κ2) is 25.4. The van der Waals surface area contributed by atoms with Gasteiger partial charge in [-0.25, -0.2) is 10.7 Å². The van der Waals surface area contributed by atoms with Crippen molar-refractivity contribution in [3.05, 3.63) is 0 Å². The third-order valence-electron chi connectivity index (χ3n) is 5.94. The van der Waals surface area contributed by atoms with E-state index in [1.807, 2.05) is 6.92 Å². The highest BCUT2D eigenvalue weighted by Crippen LogP contribution is 2.26. The minimum Gasteiger partial charge on any atom is -0.550 e. The Morgan fingerprint density at radius 1 is 0.724 bits per heavy atom. The van der Waals surface area contributed by atoms with Crippen molar-refractivity contribution in [3.63, 3.8) is 0 Å². The predicted molar refractivity (Wildman–Crippen MR) is 122 cm³/mol. The number of carbonyl (C=O) groups is 1. The van der Waals surface area contributed by atoms with Crippen molar-refractivity contribution in [1.82, 2.24) is 0 Å². The molecule has 0 fully saturated rings. The molecule has 4 heteroatoms. The third kappa shape index (κ3) is 23.5. The summed E-state index contributed by atoms with van der Waals surface area (Å²) in [5, 5.41) is 11.3. The van der Waals surface area contributed by atoms with E-state index in [0.29, 0.717) is 5.92 Å². The van der Waals surface area contributed by atoms with E-state index in [9.17, 15) is 9.90 Å². The second-order valence-electron chi connectivity index (χ2n) is 8.68. The molecular weight excluding hydrogens is 362 g/mol. The van der Waals surface area contributed by atoms with E-state index >= 15 is 0 Å². The highest BCUT2D eigenvalue weighted by molar-refractivity contribution is 5.67. The lowest BCUT2D eigenvalue weighted by Gasteiger charge is -2.25. The first-order valence-corrected chi connectivity index (χ1v) is 12.5. The van der Waals surface area contributed by atoms with E-state index in [4.69, 9.17) is 0 Å². The Morgan fingerprint density at radius 2 is 1.00 bits per heavy atom. The van der Waals surface area contributed by atoms with Crippen molar-refractivity contribution in [3.8, 4) is 0 Å². The van der Waals surface area contributed by atoms with Gasteiger partial charge < -0.3 is 9.90 Å². The Kier molecular flexibility index (Phi) is 26.8. The van der Waals surface area contributed by atoms with Gasteiger partial charge in [-0.2, -0.15) is 0 Å². The van der Waals surface area contributed by atoms with Gasteiger partial charge in [-0.1, -0.05) is 124 Å². The predicted octanol–water partition coefficient (Wildman–Crippen LogP) is 5.84. The molecule has 0 heterocycles. The fraction of sp³-hybridized carbons (Fsp3) is 0.960. The fourth-order valence-electron chi connectivity index (χ4n) is 3.92. The summed E-state index contributed by atoms with van der Waals surface area (Å²) < 4.78 is 0. The third-order valence-corrected chi connectivity index (χ3v) is 5.94. The molecule has 0 spiro atoms. The Hall–Kier alpha value is -0.610. The second-order valence-corrected chi connectivity index (χ2v) is 8.68.